The minimum absolute atomic E-state index is 0.443. The van der Waals surface area contributed by atoms with E-state index in [4.69, 9.17) is 0 Å². The molecule has 0 bridgehead atoms. The van der Waals surface area contributed by atoms with Crippen molar-refractivity contribution < 1.29 is 0 Å². The lowest BCUT2D eigenvalue weighted by Gasteiger charge is -2.34. The summed E-state index contributed by atoms with van der Waals surface area (Å²) in [5.74, 6) is 0. The van der Waals surface area contributed by atoms with E-state index in [2.05, 4.69) is 38.1 Å². The molecule has 0 N–H and O–H groups in total. The first-order valence-corrected chi connectivity index (χ1v) is 5.70. The molecule has 75 valence electrons. The summed E-state index contributed by atoms with van der Waals surface area (Å²) in [5.41, 5.74) is 3.24. The number of benzene rings is 1. The standard InChI is InChI=1S/C14H19/c1-12-7-6-8-13(11-12)14(2)9-4-3-5-10-14/h6,8,11H,3-5,9-10H2,1-2H3. The van der Waals surface area contributed by atoms with Gasteiger partial charge in [0.05, 0.1) is 0 Å². The lowest BCUT2D eigenvalue weighted by Crippen LogP contribution is -2.24. The number of hydrogen-bond donors (Lipinski definition) is 0. The van der Waals surface area contributed by atoms with Crippen LogP contribution < -0.4 is 0 Å². The van der Waals surface area contributed by atoms with E-state index in [0.717, 1.165) is 0 Å². The van der Waals surface area contributed by atoms with Gasteiger partial charge in [-0.25, -0.2) is 0 Å². The van der Waals surface area contributed by atoms with E-state index in [1.165, 1.54) is 43.2 Å². The SMILES string of the molecule is Cc1[c]ccc(C2(C)CCCCC2)c1. The van der Waals surface area contributed by atoms with Gasteiger partial charge in [-0.2, -0.15) is 0 Å². The fraction of sp³-hybridized carbons (Fsp3) is 0.571. The number of rotatable bonds is 1. The first kappa shape index (κ1) is 9.76. The van der Waals surface area contributed by atoms with Crippen molar-refractivity contribution in [1.82, 2.24) is 0 Å². The Morgan fingerprint density at radius 2 is 1.93 bits per heavy atom. The Morgan fingerprint density at radius 3 is 2.57 bits per heavy atom. The fourth-order valence-corrected chi connectivity index (χ4v) is 2.58. The van der Waals surface area contributed by atoms with Gasteiger partial charge in [0.25, 0.3) is 0 Å². The molecule has 0 nitrogen and oxygen atoms in total. The molecule has 14 heavy (non-hydrogen) atoms. The second-order valence-electron chi connectivity index (χ2n) is 4.88. The molecule has 1 radical (unpaired) electrons. The van der Waals surface area contributed by atoms with Crippen LogP contribution in [0.1, 0.15) is 50.2 Å². The summed E-state index contributed by atoms with van der Waals surface area (Å²) in [6, 6.07) is 9.86. The van der Waals surface area contributed by atoms with E-state index in [1.807, 2.05) is 0 Å². The zero-order chi connectivity index (χ0) is 10.0. The normalized spacial score (nSPS) is 20.7. The topological polar surface area (TPSA) is 0 Å². The summed E-state index contributed by atoms with van der Waals surface area (Å²) in [6.07, 6.45) is 6.93. The van der Waals surface area contributed by atoms with Gasteiger partial charge in [0.1, 0.15) is 0 Å². The van der Waals surface area contributed by atoms with Crippen LogP contribution in [0.15, 0.2) is 18.2 Å². The highest BCUT2D eigenvalue weighted by molar-refractivity contribution is 5.28. The maximum Gasteiger partial charge on any atom is -0.00751 e. The molecule has 1 aliphatic carbocycles. The molecule has 0 amide bonds. The number of hydrogen-bond acceptors (Lipinski definition) is 0. The van der Waals surface area contributed by atoms with E-state index in [9.17, 15) is 0 Å². The van der Waals surface area contributed by atoms with Gasteiger partial charge >= 0.3 is 0 Å². The molecule has 0 atom stereocenters. The quantitative estimate of drug-likeness (QED) is 0.623. The molecule has 0 unspecified atom stereocenters. The summed E-state index contributed by atoms with van der Waals surface area (Å²) >= 11 is 0. The van der Waals surface area contributed by atoms with Gasteiger partial charge in [0.2, 0.25) is 0 Å². The van der Waals surface area contributed by atoms with Crippen LogP contribution in [0, 0.1) is 13.0 Å². The van der Waals surface area contributed by atoms with E-state index in [-0.39, 0.29) is 0 Å². The van der Waals surface area contributed by atoms with Crippen LogP contribution in [0.2, 0.25) is 0 Å². The minimum atomic E-state index is 0.443. The van der Waals surface area contributed by atoms with E-state index in [0.29, 0.717) is 5.41 Å². The highest BCUT2D eigenvalue weighted by Gasteiger charge is 2.28. The first-order chi connectivity index (χ1) is 6.71. The molecule has 0 heteroatoms. The van der Waals surface area contributed by atoms with Gasteiger partial charge in [-0.05, 0) is 42.4 Å². The summed E-state index contributed by atoms with van der Waals surface area (Å²) in [4.78, 5) is 0. The highest BCUT2D eigenvalue weighted by Crippen LogP contribution is 2.38. The molecule has 1 aliphatic rings. The van der Waals surface area contributed by atoms with Crippen molar-refractivity contribution in [2.24, 2.45) is 0 Å². The molecule has 0 aromatic heterocycles. The van der Waals surface area contributed by atoms with E-state index < -0.39 is 0 Å². The van der Waals surface area contributed by atoms with Crippen molar-refractivity contribution in [3.05, 3.63) is 35.4 Å². The first-order valence-electron chi connectivity index (χ1n) is 5.70. The van der Waals surface area contributed by atoms with Crippen molar-refractivity contribution in [3.8, 4) is 0 Å². The molecule has 2 rings (SSSR count). The minimum Gasteiger partial charge on any atom is -0.0579 e. The lowest BCUT2D eigenvalue weighted by molar-refractivity contribution is 0.319. The van der Waals surface area contributed by atoms with Crippen LogP contribution >= 0.6 is 0 Å². The monoisotopic (exact) mass is 187 g/mol. The Balaban J connectivity index is 2.28. The molecule has 1 saturated carbocycles. The Bertz CT molecular complexity index is 306. The van der Waals surface area contributed by atoms with Crippen molar-refractivity contribution in [2.75, 3.05) is 0 Å². The van der Waals surface area contributed by atoms with E-state index in [1.54, 1.807) is 0 Å². The summed E-state index contributed by atoms with van der Waals surface area (Å²) in [5, 5.41) is 0. The molecular formula is C14H19. The van der Waals surface area contributed by atoms with Gasteiger partial charge in [-0.1, -0.05) is 44.4 Å². The van der Waals surface area contributed by atoms with Crippen LogP contribution in [0.25, 0.3) is 0 Å². The third-order valence-electron chi connectivity index (χ3n) is 3.60. The molecule has 1 fully saturated rings. The third-order valence-corrected chi connectivity index (χ3v) is 3.60. The zero-order valence-electron chi connectivity index (χ0n) is 9.27. The van der Waals surface area contributed by atoms with Crippen LogP contribution in [0.4, 0.5) is 0 Å². The summed E-state index contributed by atoms with van der Waals surface area (Å²) in [6.45, 7) is 4.55. The van der Waals surface area contributed by atoms with Crippen molar-refractivity contribution in [1.29, 1.82) is 0 Å². The molecule has 1 aromatic rings. The smallest absolute Gasteiger partial charge is 0.00751 e. The average molecular weight is 187 g/mol. The second kappa shape index (κ2) is 3.76. The molecule has 0 heterocycles. The van der Waals surface area contributed by atoms with Crippen LogP contribution in [-0.4, -0.2) is 0 Å². The summed E-state index contributed by atoms with van der Waals surface area (Å²) in [7, 11) is 0. The summed E-state index contributed by atoms with van der Waals surface area (Å²) < 4.78 is 0. The van der Waals surface area contributed by atoms with Crippen LogP contribution in [0.3, 0.4) is 0 Å². The predicted molar refractivity (Wildman–Crippen MR) is 60.5 cm³/mol. The average Bonchev–Trinajstić information content (AvgIpc) is 2.19. The van der Waals surface area contributed by atoms with Crippen molar-refractivity contribution in [3.63, 3.8) is 0 Å². The molecule has 0 saturated heterocycles. The highest BCUT2D eigenvalue weighted by atomic mass is 14.3. The Hall–Kier alpha value is -0.780. The maximum absolute atomic E-state index is 3.23. The third kappa shape index (κ3) is 1.84. The predicted octanol–water partition coefficient (Wildman–Crippen LogP) is 4.02. The number of aryl methyl sites for hydroxylation is 1. The Morgan fingerprint density at radius 1 is 1.21 bits per heavy atom. The second-order valence-corrected chi connectivity index (χ2v) is 4.88. The van der Waals surface area contributed by atoms with Crippen LogP contribution in [0.5, 0.6) is 0 Å². The zero-order valence-corrected chi connectivity index (χ0v) is 9.27. The van der Waals surface area contributed by atoms with Crippen LogP contribution in [-0.2, 0) is 5.41 Å². The van der Waals surface area contributed by atoms with Gasteiger partial charge in [0.15, 0.2) is 0 Å². The largest absolute Gasteiger partial charge is 0.0579 e. The van der Waals surface area contributed by atoms with Crippen molar-refractivity contribution >= 4 is 0 Å². The Labute approximate surface area is 87.3 Å². The van der Waals surface area contributed by atoms with Gasteiger partial charge < -0.3 is 0 Å². The molecule has 0 aliphatic heterocycles. The molecule has 1 aromatic carbocycles. The lowest BCUT2D eigenvalue weighted by atomic mass is 9.71. The van der Waals surface area contributed by atoms with Crippen molar-refractivity contribution in [2.45, 2.75) is 51.4 Å². The fourth-order valence-electron chi connectivity index (χ4n) is 2.58. The molecule has 0 spiro atoms. The van der Waals surface area contributed by atoms with Gasteiger partial charge in [0, 0.05) is 0 Å². The van der Waals surface area contributed by atoms with E-state index >= 15 is 0 Å². The van der Waals surface area contributed by atoms with Gasteiger partial charge in [-0.15, -0.1) is 0 Å². The maximum atomic E-state index is 3.23. The van der Waals surface area contributed by atoms with Gasteiger partial charge in [-0.3, -0.25) is 0 Å². The molecular weight excluding hydrogens is 168 g/mol. The Kier molecular flexibility index (Phi) is 2.62.